The van der Waals surface area contributed by atoms with E-state index in [4.69, 9.17) is 5.73 Å². The molecule has 1 saturated heterocycles. The Kier molecular flexibility index (Phi) is 4.58. The highest BCUT2D eigenvalue weighted by Gasteiger charge is 2.49. The molecule has 23 heavy (non-hydrogen) atoms. The van der Waals surface area contributed by atoms with Gasteiger partial charge in [0.15, 0.2) is 0 Å². The summed E-state index contributed by atoms with van der Waals surface area (Å²) in [5.41, 5.74) is 6.75. The Balaban J connectivity index is 2.10. The van der Waals surface area contributed by atoms with E-state index in [-0.39, 0.29) is 12.5 Å². The van der Waals surface area contributed by atoms with Crippen LogP contribution in [0.25, 0.3) is 0 Å². The van der Waals surface area contributed by atoms with Crippen molar-refractivity contribution in [2.75, 3.05) is 17.6 Å². The van der Waals surface area contributed by atoms with Crippen molar-refractivity contribution in [3.05, 3.63) is 23.8 Å². The first kappa shape index (κ1) is 16.8. The molecule has 0 aromatic heterocycles. The van der Waals surface area contributed by atoms with Crippen molar-refractivity contribution in [3.63, 3.8) is 0 Å². The highest BCUT2D eigenvalue weighted by atomic mass is 16.2. The van der Waals surface area contributed by atoms with Crippen molar-refractivity contribution in [3.8, 4) is 0 Å². The number of imide groups is 1. The van der Waals surface area contributed by atoms with Crippen molar-refractivity contribution in [2.45, 2.75) is 39.2 Å². The van der Waals surface area contributed by atoms with Gasteiger partial charge in [0.1, 0.15) is 12.1 Å². The third-order valence-electron chi connectivity index (χ3n) is 4.29. The summed E-state index contributed by atoms with van der Waals surface area (Å²) in [4.78, 5) is 37.6. The molecule has 0 atom stereocenters. The van der Waals surface area contributed by atoms with Gasteiger partial charge >= 0.3 is 6.03 Å². The molecule has 0 aliphatic carbocycles. The van der Waals surface area contributed by atoms with E-state index >= 15 is 0 Å². The lowest BCUT2D eigenvalue weighted by Crippen LogP contribution is -2.46. The molecular weight excluding hydrogens is 296 g/mol. The summed E-state index contributed by atoms with van der Waals surface area (Å²) in [5, 5.41) is 5.38. The van der Waals surface area contributed by atoms with Gasteiger partial charge in [-0.1, -0.05) is 19.9 Å². The third kappa shape index (κ3) is 3.13. The summed E-state index contributed by atoms with van der Waals surface area (Å²) in [7, 11) is 0. The molecule has 0 spiro atoms. The van der Waals surface area contributed by atoms with E-state index in [1.165, 1.54) is 0 Å². The Morgan fingerprint density at radius 1 is 1.30 bits per heavy atom. The Labute approximate surface area is 135 Å². The minimum Gasteiger partial charge on any atom is -0.399 e. The second kappa shape index (κ2) is 6.28. The number of hydrogen-bond donors (Lipinski definition) is 3. The number of benzene rings is 1. The van der Waals surface area contributed by atoms with E-state index in [9.17, 15) is 14.4 Å². The van der Waals surface area contributed by atoms with Gasteiger partial charge in [-0.05, 0) is 37.5 Å². The average molecular weight is 318 g/mol. The average Bonchev–Trinajstić information content (AvgIpc) is 2.75. The van der Waals surface area contributed by atoms with Crippen LogP contribution in [0.15, 0.2) is 18.2 Å². The smallest absolute Gasteiger partial charge is 0.325 e. The van der Waals surface area contributed by atoms with Crippen molar-refractivity contribution in [1.29, 1.82) is 0 Å². The molecule has 1 aliphatic heterocycles. The van der Waals surface area contributed by atoms with Gasteiger partial charge < -0.3 is 16.4 Å². The van der Waals surface area contributed by atoms with Crippen molar-refractivity contribution in [2.24, 2.45) is 0 Å². The van der Waals surface area contributed by atoms with E-state index in [0.717, 1.165) is 10.5 Å². The predicted molar refractivity (Wildman–Crippen MR) is 87.8 cm³/mol. The molecule has 1 aromatic carbocycles. The molecule has 0 radical (unpaired) electrons. The summed E-state index contributed by atoms with van der Waals surface area (Å²) >= 11 is 0. The van der Waals surface area contributed by atoms with Crippen LogP contribution in [0.2, 0.25) is 0 Å². The molecule has 1 aliphatic rings. The molecule has 1 aromatic rings. The van der Waals surface area contributed by atoms with E-state index < -0.39 is 17.5 Å². The maximum absolute atomic E-state index is 12.5. The normalized spacial score (nSPS) is 16.4. The monoisotopic (exact) mass is 318 g/mol. The van der Waals surface area contributed by atoms with Gasteiger partial charge in [-0.25, -0.2) is 4.79 Å². The third-order valence-corrected chi connectivity index (χ3v) is 4.29. The SMILES string of the molecule is CCC1(CC)NC(=O)N(CC(=O)Nc2cc(N)ccc2C)C1=O. The highest BCUT2D eigenvalue weighted by Crippen LogP contribution is 2.25. The van der Waals surface area contributed by atoms with Crippen LogP contribution in [0.3, 0.4) is 0 Å². The molecule has 7 nitrogen and oxygen atoms in total. The largest absolute Gasteiger partial charge is 0.399 e. The first-order valence-corrected chi connectivity index (χ1v) is 7.63. The van der Waals surface area contributed by atoms with Crippen molar-refractivity contribution in [1.82, 2.24) is 10.2 Å². The minimum absolute atomic E-state index is 0.319. The molecule has 1 heterocycles. The van der Waals surface area contributed by atoms with Crippen LogP contribution in [0.1, 0.15) is 32.3 Å². The predicted octanol–water partition coefficient (Wildman–Crippen LogP) is 1.63. The first-order chi connectivity index (χ1) is 10.8. The summed E-state index contributed by atoms with van der Waals surface area (Å²) in [5.74, 6) is -0.794. The van der Waals surface area contributed by atoms with E-state index in [2.05, 4.69) is 10.6 Å². The van der Waals surface area contributed by atoms with Crippen LogP contribution in [0, 0.1) is 6.92 Å². The Morgan fingerprint density at radius 3 is 2.52 bits per heavy atom. The van der Waals surface area contributed by atoms with E-state index in [0.29, 0.717) is 24.2 Å². The lowest BCUT2D eigenvalue weighted by molar-refractivity contribution is -0.134. The standard InChI is InChI=1S/C16H22N4O3/c1-4-16(5-2)14(22)20(15(23)19-16)9-13(21)18-12-8-11(17)7-6-10(12)3/h6-8H,4-5,9,17H2,1-3H3,(H,18,21)(H,19,23). The van der Waals surface area contributed by atoms with Crippen LogP contribution >= 0.6 is 0 Å². The minimum atomic E-state index is -0.898. The number of nitrogens with two attached hydrogens (primary N) is 1. The Morgan fingerprint density at radius 2 is 1.96 bits per heavy atom. The second-order valence-corrected chi connectivity index (χ2v) is 5.73. The fourth-order valence-corrected chi connectivity index (χ4v) is 2.66. The summed E-state index contributed by atoms with van der Waals surface area (Å²) in [6.45, 7) is 5.19. The summed E-state index contributed by atoms with van der Waals surface area (Å²) < 4.78 is 0. The van der Waals surface area contributed by atoms with Gasteiger partial charge in [-0.2, -0.15) is 0 Å². The number of amides is 4. The van der Waals surface area contributed by atoms with Crippen LogP contribution in [0.5, 0.6) is 0 Å². The van der Waals surface area contributed by atoms with Gasteiger partial charge in [0.2, 0.25) is 5.91 Å². The molecule has 0 saturated carbocycles. The molecule has 4 amide bonds. The number of carbonyl (C=O) groups is 3. The number of carbonyl (C=O) groups excluding carboxylic acids is 3. The van der Waals surface area contributed by atoms with Gasteiger partial charge in [-0.3, -0.25) is 14.5 Å². The fourth-order valence-electron chi connectivity index (χ4n) is 2.66. The van der Waals surface area contributed by atoms with Gasteiger partial charge in [0.05, 0.1) is 0 Å². The molecule has 1 fully saturated rings. The fraction of sp³-hybridized carbons (Fsp3) is 0.438. The number of nitrogens with zero attached hydrogens (tertiary/aromatic N) is 1. The number of rotatable bonds is 5. The van der Waals surface area contributed by atoms with Gasteiger partial charge in [-0.15, -0.1) is 0 Å². The molecule has 0 bridgehead atoms. The van der Waals surface area contributed by atoms with Crippen LogP contribution in [-0.4, -0.2) is 34.8 Å². The number of aryl methyl sites for hydroxylation is 1. The van der Waals surface area contributed by atoms with Crippen molar-refractivity contribution >= 4 is 29.2 Å². The van der Waals surface area contributed by atoms with Crippen molar-refractivity contribution < 1.29 is 14.4 Å². The topological polar surface area (TPSA) is 105 Å². The Hall–Kier alpha value is -2.57. The Bertz CT molecular complexity index is 653. The van der Waals surface area contributed by atoms with E-state index in [1.54, 1.807) is 18.2 Å². The zero-order valence-electron chi connectivity index (χ0n) is 13.6. The molecule has 7 heteroatoms. The quantitative estimate of drug-likeness (QED) is 0.567. The van der Waals surface area contributed by atoms with Gasteiger partial charge in [0, 0.05) is 11.4 Å². The molecule has 124 valence electrons. The van der Waals surface area contributed by atoms with Crippen LogP contribution < -0.4 is 16.4 Å². The van der Waals surface area contributed by atoms with Gasteiger partial charge in [0.25, 0.3) is 5.91 Å². The highest BCUT2D eigenvalue weighted by molar-refractivity contribution is 6.10. The first-order valence-electron chi connectivity index (χ1n) is 7.63. The van der Waals surface area contributed by atoms with Crippen LogP contribution in [0.4, 0.5) is 16.2 Å². The number of nitrogens with one attached hydrogen (secondary N) is 2. The molecular formula is C16H22N4O3. The number of nitrogen functional groups attached to an aromatic ring is 1. The summed E-state index contributed by atoms with van der Waals surface area (Å²) in [6, 6.07) is 4.64. The number of hydrogen-bond acceptors (Lipinski definition) is 4. The van der Waals surface area contributed by atoms with Crippen LogP contribution in [-0.2, 0) is 9.59 Å². The zero-order chi connectivity index (χ0) is 17.2. The molecule has 0 unspecified atom stereocenters. The summed E-state index contributed by atoms with van der Waals surface area (Å²) in [6.07, 6.45) is 0.973. The maximum atomic E-state index is 12.5. The van der Waals surface area contributed by atoms with E-state index in [1.807, 2.05) is 20.8 Å². The molecule has 2 rings (SSSR count). The lowest BCUT2D eigenvalue weighted by atomic mass is 9.93. The maximum Gasteiger partial charge on any atom is 0.325 e. The molecule has 4 N–H and O–H groups in total. The number of anilines is 2. The number of urea groups is 1. The lowest BCUT2D eigenvalue weighted by Gasteiger charge is -2.23. The second-order valence-electron chi connectivity index (χ2n) is 5.73. The zero-order valence-corrected chi connectivity index (χ0v) is 13.6.